The molecule has 0 spiro atoms. The SMILES string of the molecule is COc1cc(C)c(C(=O)O)c([O-])c1C.[K+]. The van der Waals surface area contributed by atoms with Crippen LogP contribution in [0.1, 0.15) is 21.5 Å². The van der Waals surface area contributed by atoms with E-state index in [2.05, 4.69) is 0 Å². The number of carboxylic acids is 1. The first-order chi connectivity index (χ1) is 6.49. The molecular formula is C10H11KO4. The van der Waals surface area contributed by atoms with E-state index in [1.807, 2.05) is 0 Å². The summed E-state index contributed by atoms with van der Waals surface area (Å²) in [7, 11) is 1.45. The third kappa shape index (κ3) is 2.95. The van der Waals surface area contributed by atoms with E-state index in [-0.39, 0.29) is 56.9 Å². The zero-order valence-corrected chi connectivity index (χ0v) is 12.4. The number of carbonyl (C=O) groups is 1. The summed E-state index contributed by atoms with van der Waals surface area (Å²) in [5, 5.41) is 20.3. The minimum atomic E-state index is -1.20. The van der Waals surface area contributed by atoms with Crippen LogP contribution in [0.25, 0.3) is 0 Å². The van der Waals surface area contributed by atoms with Crippen LogP contribution >= 0.6 is 0 Å². The van der Waals surface area contributed by atoms with Crippen molar-refractivity contribution in [3.63, 3.8) is 0 Å². The maximum absolute atomic E-state index is 11.5. The summed E-state index contributed by atoms with van der Waals surface area (Å²) in [6.07, 6.45) is 0. The van der Waals surface area contributed by atoms with Crippen LogP contribution in [0, 0.1) is 13.8 Å². The number of aryl methyl sites for hydroxylation is 1. The van der Waals surface area contributed by atoms with Gasteiger partial charge in [-0.05, 0) is 31.0 Å². The summed E-state index contributed by atoms with van der Waals surface area (Å²) in [5.41, 5.74) is 0.573. The number of hydrogen-bond donors (Lipinski definition) is 1. The van der Waals surface area contributed by atoms with Gasteiger partial charge in [-0.15, -0.1) is 0 Å². The van der Waals surface area contributed by atoms with Gasteiger partial charge >= 0.3 is 57.4 Å². The van der Waals surface area contributed by atoms with Crippen molar-refractivity contribution in [1.29, 1.82) is 0 Å². The van der Waals surface area contributed by atoms with Crippen LogP contribution in [0.2, 0.25) is 0 Å². The number of rotatable bonds is 2. The van der Waals surface area contributed by atoms with Crippen molar-refractivity contribution in [2.24, 2.45) is 0 Å². The number of hydrogen-bond acceptors (Lipinski definition) is 3. The monoisotopic (exact) mass is 234 g/mol. The van der Waals surface area contributed by atoms with E-state index < -0.39 is 11.7 Å². The Morgan fingerprint density at radius 1 is 1.47 bits per heavy atom. The second-order valence-electron chi connectivity index (χ2n) is 3.03. The summed E-state index contributed by atoms with van der Waals surface area (Å²) in [6.45, 7) is 3.12. The molecule has 1 aromatic carbocycles. The molecule has 0 bridgehead atoms. The number of benzene rings is 1. The van der Waals surface area contributed by atoms with Gasteiger partial charge in [-0.2, -0.15) is 0 Å². The largest absolute Gasteiger partial charge is 1.00 e. The van der Waals surface area contributed by atoms with Crippen LogP contribution < -0.4 is 61.2 Å². The minimum absolute atomic E-state index is 0. The normalized spacial score (nSPS) is 9.27. The summed E-state index contributed by atoms with van der Waals surface area (Å²) >= 11 is 0. The van der Waals surface area contributed by atoms with Crippen LogP contribution in [0.5, 0.6) is 11.5 Å². The van der Waals surface area contributed by atoms with Crippen molar-refractivity contribution in [3.8, 4) is 11.5 Å². The number of methoxy groups -OCH3 is 1. The van der Waals surface area contributed by atoms with Gasteiger partial charge in [-0.1, -0.05) is 5.75 Å². The predicted molar refractivity (Wildman–Crippen MR) is 48.9 cm³/mol. The Bertz CT molecular complexity index is 387. The van der Waals surface area contributed by atoms with Gasteiger partial charge in [0.05, 0.1) is 12.7 Å². The Kier molecular flexibility index (Phi) is 5.83. The van der Waals surface area contributed by atoms with Crippen LogP contribution in [0.4, 0.5) is 0 Å². The van der Waals surface area contributed by atoms with Crippen molar-refractivity contribution in [1.82, 2.24) is 0 Å². The molecule has 1 aromatic rings. The van der Waals surface area contributed by atoms with Gasteiger partial charge in [-0.3, -0.25) is 0 Å². The third-order valence-corrected chi connectivity index (χ3v) is 2.11. The standard InChI is InChI=1S/C10H12O4.K/c1-5-4-7(14-3)6(2)9(11)8(5)10(12)13;/h4,11H,1-3H3,(H,12,13);/q;+1/p-1. The van der Waals surface area contributed by atoms with E-state index in [1.54, 1.807) is 19.9 Å². The first-order valence-corrected chi connectivity index (χ1v) is 4.07. The molecule has 0 aliphatic carbocycles. The maximum atomic E-state index is 11.5. The summed E-state index contributed by atoms with van der Waals surface area (Å²) in [4.78, 5) is 10.8. The van der Waals surface area contributed by atoms with Crippen molar-refractivity contribution < 1.29 is 71.1 Å². The molecule has 0 atom stereocenters. The van der Waals surface area contributed by atoms with Gasteiger partial charge in [0.2, 0.25) is 0 Å². The molecule has 0 amide bonds. The molecule has 1 N–H and O–H groups in total. The third-order valence-electron chi connectivity index (χ3n) is 2.11. The van der Waals surface area contributed by atoms with Gasteiger partial charge in [0.15, 0.2) is 0 Å². The molecule has 0 aliphatic heterocycles. The molecule has 76 valence electrons. The number of carboxylic acid groups (broad SMARTS) is 1. The van der Waals surface area contributed by atoms with Crippen molar-refractivity contribution in [3.05, 3.63) is 22.8 Å². The molecule has 0 unspecified atom stereocenters. The molecule has 15 heavy (non-hydrogen) atoms. The van der Waals surface area contributed by atoms with Crippen molar-refractivity contribution in [2.75, 3.05) is 7.11 Å². The second-order valence-corrected chi connectivity index (χ2v) is 3.03. The molecule has 5 heteroatoms. The molecule has 0 fully saturated rings. The number of aromatic carboxylic acids is 1. The fourth-order valence-corrected chi connectivity index (χ4v) is 1.33. The van der Waals surface area contributed by atoms with Gasteiger partial charge in [-0.25, -0.2) is 4.79 Å². The summed E-state index contributed by atoms with van der Waals surface area (Å²) in [6, 6.07) is 1.56. The molecule has 0 radical (unpaired) electrons. The Morgan fingerprint density at radius 3 is 2.40 bits per heavy atom. The topological polar surface area (TPSA) is 69.6 Å². The average molecular weight is 234 g/mol. The molecule has 0 saturated carbocycles. The summed E-state index contributed by atoms with van der Waals surface area (Å²) in [5.74, 6) is -1.25. The van der Waals surface area contributed by atoms with E-state index >= 15 is 0 Å². The molecule has 0 aliphatic rings. The fraction of sp³-hybridized carbons (Fsp3) is 0.300. The maximum Gasteiger partial charge on any atom is 1.00 e. The predicted octanol–water partition coefficient (Wildman–Crippen LogP) is -1.91. The van der Waals surface area contributed by atoms with E-state index in [0.29, 0.717) is 16.9 Å². The quantitative estimate of drug-likeness (QED) is 0.606. The Balaban J connectivity index is 0.00000196. The van der Waals surface area contributed by atoms with E-state index in [0.717, 1.165) is 0 Å². The van der Waals surface area contributed by atoms with Crippen LogP contribution in [0.3, 0.4) is 0 Å². The molecular weight excluding hydrogens is 223 g/mol. The first-order valence-electron chi connectivity index (χ1n) is 4.07. The van der Waals surface area contributed by atoms with Crippen LogP contribution in [0.15, 0.2) is 6.07 Å². The van der Waals surface area contributed by atoms with Crippen LogP contribution in [-0.4, -0.2) is 18.2 Å². The Hall–Kier alpha value is -0.0736. The van der Waals surface area contributed by atoms with Gasteiger partial charge in [0.25, 0.3) is 0 Å². The zero-order chi connectivity index (χ0) is 10.9. The molecule has 1 rings (SSSR count). The molecule has 0 heterocycles. The Morgan fingerprint density at radius 2 is 2.00 bits per heavy atom. The van der Waals surface area contributed by atoms with Gasteiger partial charge < -0.3 is 14.9 Å². The summed E-state index contributed by atoms with van der Waals surface area (Å²) < 4.78 is 4.95. The fourth-order valence-electron chi connectivity index (χ4n) is 1.33. The van der Waals surface area contributed by atoms with Crippen LogP contribution in [-0.2, 0) is 0 Å². The molecule has 0 aromatic heterocycles. The van der Waals surface area contributed by atoms with E-state index in [9.17, 15) is 9.90 Å². The van der Waals surface area contributed by atoms with Gasteiger partial charge in [0, 0.05) is 0 Å². The van der Waals surface area contributed by atoms with Gasteiger partial charge in [0.1, 0.15) is 5.75 Å². The smallest absolute Gasteiger partial charge is 0.872 e. The first kappa shape index (κ1) is 14.9. The average Bonchev–Trinajstić information content (AvgIpc) is 2.10. The van der Waals surface area contributed by atoms with E-state index in [4.69, 9.17) is 9.84 Å². The second kappa shape index (κ2) is 5.86. The van der Waals surface area contributed by atoms with Crippen molar-refractivity contribution in [2.45, 2.75) is 13.8 Å². The minimum Gasteiger partial charge on any atom is -0.872 e. The number of ether oxygens (including phenoxy) is 1. The Labute approximate surface area is 131 Å². The van der Waals surface area contributed by atoms with E-state index in [1.165, 1.54) is 7.11 Å². The molecule has 0 saturated heterocycles. The zero-order valence-electron chi connectivity index (χ0n) is 9.25. The van der Waals surface area contributed by atoms with Crippen molar-refractivity contribution >= 4 is 5.97 Å². The molecule has 4 nitrogen and oxygen atoms in total.